The molecule has 0 unspecified atom stereocenters. The van der Waals surface area contributed by atoms with Crippen molar-refractivity contribution in [1.29, 1.82) is 0 Å². The molecule has 1 aromatic heterocycles. The van der Waals surface area contributed by atoms with Crippen LogP contribution in [0.2, 0.25) is 0 Å². The number of nitrogens with zero attached hydrogens (tertiary/aromatic N) is 3. The standard InChI is InChI=1S/C26H23N5O2/c1-17-11-13-19(14-12-17)23-16-22(18-7-4-3-5-8-18)27-26-29-25(30-31(23)26)28-24(32)20-9-6-10-21(15-20)33-2/h3-16,23H,1-2H3,(H2,27,28,29,30,32)/t23-/m0/s1. The lowest BCUT2D eigenvalue weighted by molar-refractivity contribution is 0.102. The Hall–Kier alpha value is -4.39. The summed E-state index contributed by atoms with van der Waals surface area (Å²) in [5, 5.41) is 10.8. The highest BCUT2D eigenvalue weighted by molar-refractivity contribution is 6.03. The Bertz CT molecular complexity index is 1330. The second kappa shape index (κ2) is 8.63. The Morgan fingerprint density at radius 2 is 1.82 bits per heavy atom. The summed E-state index contributed by atoms with van der Waals surface area (Å²) in [5.41, 5.74) is 4.71. The molecule has 3 aromatic carbocycles. The van der Waals surface area contributed by atoms with Gasteiger partial charge in [0.2, 0.25) is 5.95 Å². The van der Waals surface area contributed by atoms with Gasteiger partial charge in [-0.2, -0.15) is 4.98 Å². The molecule has 2 N–H and O–H groups in total. The number of carbonyl (C=O) groups excluding carboxylic acids is 1. The van der Waals surface area contributed by atoms with Crippen LogP contribution in [0.15, 0.2) is 84.9 Å². The van der Waals surface area contributed by atoms with Crippen LogP contribution in [0.25, 0.3) is 5.70 Å². The van der Waals surface area contributed by atoms with Crippen molar-refractivity contribution in [2.75, 3.05) is 17.7 Å². The van der Waals surface area contributed by atoms with Crippen molar-refractivity contribution in [2.24, 2.45) is 0 Å². The largest absolute Gasteiger partial charge is 0.497 e. The van der Waals surface area contributed by atoms with Crippen LogP contribution in [0.3, 0.4) is 0 Å². The minimum absolute atomic E-state index is 0.174. The number of anilines is 2. The van der Waals surface area contributed by atoms with Crippen LogP contribution >= 0.6 is 0 Å². The van der Waals surface area contributed by atoms with Gasteiger partial charge in [-0.3, -0.25) is 10.1 Å². The van der Waals surface area contributed by atoms with Crippen molar-refractivity contribution in [2.45, 2.75) is 13.0 Å². The summed E-state index contributed by atoms with van der Waals surface area (Å²) in [7, 11) is 1.57. The number of amides is 1. The Labute approximate surface area is 191 Å². The van der Waals surface area contributed by atoms with Crippen LogP contribution in [0, 0.1) is 6.92 Å². The predicted octanol–water partition coefficient (Wildman–Crippen LogP) is 4.90. The summed E-state index contributed by atoms with van der Waals surface area (Å²) in [6.45, 7) is 2.06. The number of rotatable bonds is 5. The number of hydrogen-bond acceptors (Lipinski definition) is 5. The topological polar surface area (TPSA) is 81.1 Å². The molecule has 1 atom stereocenters. The smallest absolute Gasteiger partial charge is 0.258 e. The lowest BCUT2D eigenvalue weighted by Gasteiger charge is -2.24. The minimum Gasteiger partial charge on any atom is -0.497 e. The van der Waals surface area contributed by atoms with E-state index in [1.165, 1.54) is 5.56 Å². The second-order valence-electron chi connectivity index (χ2n) is 7.82. The number of aryl methyl sites for hydroxylation is 1. The number of benzene rings is 3. The molecule has 33 heavy (non-hydrogen) atoms. The molecular weight excluding hydrogens is 414 g/mol. The number of hydrogen-bond donors (Lipinski definition) is 2. The Morgan fingerprint density at radius 3 is 2.58 bits per heavy atom. The van der Waals surface area contributed by atoms with Gasteiger partial charge >= 0.3 is 0 Å². The van der Waals surface area contributed by atoms with Gasteiger partial charge in [0, 0.05) is 11.3 Å². The van der Waals surface area contributed by atoms with Gasteiger partial charge in [-0.15, -0.1) is 5.10 Å². The van der Waals surface area contributed by atoms with E-state index in [-0.39, 0.29) is 17.9 Å². The highest BCUT2D eigenvalue weighted by Crippen LogP contribution is 2.33. The fourth-order valence-corrected chi connectivity index (χ4v) is 3.77. The second-order valence-corrected chi connectivity index (χ2v) is 7.82. The van der Waals surface area contributed by atoms with Crippen molar-refractivity contribution in [3.8, 4) is 5.75 Å². The van der Waals surface area contributed by atoms with Gasteiger partial charge in [0.1, 0.15) is 11.8 Å². The van der Waals surface area contributed by atoms with E-state index < -0.39 is 0 Å². The summed E-state index contributed by atoms with van der Waals surface area (Å²) in [5.74, 6) is 1.09. The molecule has 1 aliphatic rings. The maximum Gasteiger partial charge on any atom is 0.258 e. The number of ether oxygens (including phenoxy) is 1. The molecule has 0 saturated carbocycles. The first-order chi connectivity index (χ1) is 16.1. The fourth-order valence-electron chi connectivity index (χ4n) is 3.77. The zero-order valence-electron chi connectivity index (χ0n) is 18.3. The van der Waals surface area contributed by atoms with Crippen molar-refractivity contribution in [3.63, 3.8) is 0 Å². The van der Waals surface area contributed by atoms with Crippen molar-refractivity contribution in [3.05, 3.63) is 107 Å². The van der Waals surface area contributed by atoms with Gasteiger partial charge in [-0.05, 0) is 42.3 Å². The molecule has 0 saturated heterocycles. The third-order valence-corrected chi connectivity index (χ3v) is 5.53. The highest BCUT2D eigenvalue weighted by Gasteiger charge is 2.26. The molecule has 0 radical (unpaired) electrons. The molecule has 0 fully saturated rings. The summed E-state index contributed by atoms with van der Waals surface area (Å²) < 4.78 is 7.00. The van der Waals surface area contributed by atoms with Crippen LogP contribution in [0.4, 0.5) is 11.9 Å². The quantitative estimate of drug-likeness (QED) is 0.464. The lowest BCUT2D eigenvalue weighted by Crippen LogP contribution is -2.20. The average molecular weight is 438 g/mol. The Morgan fingerprint density at radius 1 is 1.03 bits per heavy atom. The number of aromatic nitrogens is 3. The normalized spacial score (nSPS) is 14.6. The Balaban J connectivity index is 1.49. The summed E-state index contributed by atoms with van der Waals surface area (Å²) in [6.07, 6.45) is 2.12. The van der Waals surface area contributed by atoms with Crippen LogP contribution in [0.1, 0.15) is 33.1 Å². The molecule has 4 aromatic rings. The maximum atomic E-state index is 12.8. The third kappa shape index (κ3) is 4.21. The molecule has 1 amide bonds. The number of allylic oxidation sites excluding steroid dienone is 1. The van der Waals surface area contributed by atoms with Gasteiger partial charge in [0.15, 0.2) is 0 Å². The zero-order chi connectivity index (χ0) is 22.8. The van der Waals surface area contributed by atoms with Crippen molar-refractivity contribution < 1.29 is 9.53 Å². The monoisotopic (exact) mass is 437 g/mol. The number of carbonyl (C=O) groups is 1. The van der Waals surface area contributed by atoms with E-state index in [2.05, 4.69) is 58.0 Å². The van der Waals surface area contributed by atoms with E-state index in [9.17, 15) is 4.79 Å². The molecule has 2 heterocycles. The molecule has 0 bridgehead atoms. The first-order valence-electron chi connectivity index (χ1n) is 10.6. The predicted molar refractivity (Wildman–Crippen MR) is 128 cm³/mol. The van der Waals surface area contributed by atoms with Gasteiger partial charge in [0.05, 0.1) is 7.11 Å². The molecule has 1 aliphatic heterocycles. The van der Waals surface area contributed by atoms with Gasteiger partial charge < -0.3 is 10.1 Å². The lowest BCUT2D eigenvalue weighted by atomic mass is 10.0. The molecule has 0 spiro atoms. The Kier molecular flexibility index (Phi) is 5.36. The first kappa shape index (κ1) is 20.5. The van der Waals surface area contributed by atoms with E-state index in [1.54, 1.807) is 36.1 Å². The fraction of sp³-hybridized carbons (Fsp3) is 0.115. The first-order valence-corrected chi connectivity index (χ1v) is 10.6. The summed E-state index contributed by atoms with van der Waals surface area (Å²) in [6, 6.07) is 25.2. The minimum atomic E-state index is -0.306. The zero-order valence-corrected chi connectivity index (χ0v) is 18.3. The molecule has 5 rings (SSSR count). The van der Waals surface area contributed by atoms with Gasteiger partial charge in [0.25, 0.3) is 11.9 Å². The number of fused-ring (bicyclic) bond motifs is 1. The molecule has 0 aliphatic carbocycles. The molecular formula is C26H23N5O2. The van der Waals surface area contributed by atoms with E-state index >= 15 is 0 Å². The SMILES string of the molecule is COc1cccc(C(=O)Nc2nc3n(n2)[C@H](c2ccc(C)cc2)C=C(c2ccccc2)N3)c1. The van der Waals surface area contributed by atoms with E-state index in [4.69, 9.17) is 4.74 Å². The average Bonchev–Trinajstić information content (AvgIpc) is 3.27. The number of methoxy groups -OCH3 is 1. The van der Waals surface area contributed by atoms with Crippen LogP contribution in [-0.2, 0) is 0 Å². The molecule has 7 nitrogen and oxygen atoms in total. The molecule has 7 heteroatoms. The van der Waals surface area contributed by atoms with Crippen LogP contribution in [-0.4, -0.2) is 27.8 Å². The van der Waals surface area contributed by atoms with Gasteiger partial charge in [-0.25, -0.2) is 4.68 Å². The maximum absolute atomic E-state index is 12.8. The van der Waals surface area contributed by atoms with E-state index in [1.807, 2.05) is 30.3 Å². The van der Waals surface area contributed by atoms with E-state index in [0.29, 0.717) is 17.3 Å². The van der Waals surface area contributed by atoms with Crippen molar-refractivity contribution >= 4 is 23.5 Å². The van der Waals surface area contributed by atoms with Crippen molar-refractivity contribution in [1.82, 2.24) is 14.8 Å². The third-order valence-electron chi connectivity index (χ3n) is 5.53. The highest BCUT2D eigenvalue weighted by atomic mass is 16.5. The van der Waals surface area contributed by atoms with Gasteiger partial charge in [-0.1, -0.05) is 66.2 Å². The molecule has 164 valence electrons. The van der Waals surface area contributed by atoms with Crippen LogP contribution in [0.5, 0.6) is 5.75 Å². The summed E-state index contributed by atoms with van der Waals surface area (Å²) in [4.78, 5) is 17.3. The number of nitrogens with one attached hydrogen (secondary N) is 2. The summed E-state index contributed by atoms with van der Waals surface area (Å²) >= 11 is 0. The van der Waals surface area contributed by atoms with Crippen LogP contribution < -0.4 is 15.4 Å². The van der Waals surface area contributed by atoms with E-state index in [0.717, 1.165) is 16.8 Å².